The molecule has 2 aromatic carbocycles. The van der Waals surface area contributed by atoms with Gasteiger partial charge in [0.25, 0.3) is 0 Å². The summed E-state index contributed by atoms with van der Waals surface area (Å²) in [5.41, 5.74) is 2.32. The van der Waals surface area contributed by atoms with E-state index in [1.54, 1.807) is 6.07 Å². The van der Waals surface area contributed by atoms with Crippen LogP contribution in [-0.2, 0) is 9.59 Å². The van der Waals surface area contributed by atoms with Crippen LogP contribution in [0.15, 0.2) is 48.5 Å². The van der Waals surface area contributed by atoms with Crippen molar-refractivity contribution < 1.29 is 14.0 Å². The van der Waals surface area contributed by atoms with Gasteiger partial charge in [0, 0.05) is 30.2 Å². The maximum atomic E-state index is 13.2. The van der Waals surface area contributed by atoms with E-state index < -0.39 is 5.82 Å². The normalized spacial score (nSPS) is 21.5. The third-order valence-electron chi connectivity index (χ3n) is 5.84. The highest BCUT2D eigenvalue weighted by Gasteiger charge is 2.48. The topological polar surface area (TPSA) is 61.4 Å². The predicted octanol–water partition coefficient (Wildman–Crippen LogP) is 4.28. The fourth-order valence-electron chi connectivity index (χ4n) is 3.83. The molecule has 5 nitrogen and oxygen atoms in total. The number of carbonyl (C=O) groups excluding carboxylic acids is 2. The molecule has 0 spiro atoms. The highest BCUT2D eigenvalue weighted by Crippen LogP contribution is 2.40. The molecule has 2 fully saturated rings. The zero-order chi connectivity index (χ0) is 20.4. The Labute approximate surface area is 170 Å². The van der Waals surface area contributed by atoms with Gasteiger partial charge in [-0.25, -0.2) is 4.39 Å². The minimum absolute atomic E-state index is 0.149. The third kappa shape index (κ3) is 4.75. The van der Waals surface area contributed by atoms with Gasteiger partial charge in [-0.1, -0.05) is 13.0 Å². The Morgan fingerprint density at radius 3 is 2.17 bits per heavy atom. The maximum absolute atomic E-state index is 13.2. The Morgan fingerprint density at radius 1 is 0.931 bits per heavy atom. The van der Waals surface area contributed by atoms with E-state index in [1.165, 1.54) is 36.7 Å². The van der Waals surface area contributed by atoms with E-state index in [4.69, 9.17) is 0 Å². The van der Waals surface area contributed by atoms with Crippen molar-refractivity contribution in [2.75, 3.05) is 28.6 Å². The predicted molar refractivity (Wildman–Crippen MR) is 112 cm³/mol. The molecule has 1 saturated heterocycles. The smallest absolute Gasteiger partial charge is 0.228 e. The van der Waals surface area contributed by atoms with Crippen LogP contribution in [0.5, 0.6) is 0 Å². The van der Waals surface area contributed by atoms with E-state index >= 15 is 0 Å². The lowest BCUT2D eigenvalue weighted by molar-refractivity contribution is -0.122. The summed E-state index contributed by atoms with van der Waals surface area (Å²) >= 11 is 0. The molecule has 2 N–H and O–H groups in total. The Hall–Kier alpha value is -2.89. The number of nitrogens with one attached hydrogen (secondary N) is 2. The van der Waals surface area contributed by atoms with E-state index in [9.17, 15) is 14.0 Å². The van der Waals surface area contributed by atoms with Gasteiger partial charge in [-0.3, -0.25) is 9.59 Å². The SMILES string of the molecule is CC1CCN(c2ccc(NC(=O)C3CC3C(=O)Nc3cccc(F)c3)cc2)CC1. The van der Waals surface area contributed by atoms with Gasteiger partial charge in [0.1, 0.15) is 5.82 Å². The van der Waals surface area contributed by atoms with Crippen molar-refractivity contribution in [2.24, 2.45) is 17.8 Å². The van der Waals surface area contributed by atoms with Gasteiger partial charge in [-0.2, -0.15) is 0 Å². The van der Waals surface area contributed by atoms with Gasteiger partial charge in [0.15, 0.2) is 0 Å². The molecule has 2 aliphatic rings. The van der Waals surface area contributed by atoms with Crippen molar-refractivity contribution in [1.29, 1.82) is 0 Å². The quantitative estimate of drug-likeness (QED) is 0.795. The summed E-state index contributed by atoms with van der Waals surface area (Å²) < 4.78 is 13.2. The van der Waals surface area contributed by atoms with Crippen molar-refractivity contribution in [1.82, 2.24) is 0 Å². The molecule has 152 valence electrons. The maximum Gasteiger partial charge on any atom is 0.228 e. The highest BCUT2D eigenvalue weighted by atomic mass is 19.1. The molecule has 2 aromatic rings. The van der Waals surface area contributed by atoms with E-state index in [0.717, 1.165) is 24.7 Å². The Balaban J connectivity index is 1.28. The minimum atomic E-state index is -0.407. The van der Waals surface area contributed by atoms with Gasteiger partial charge in [-0.05, 0) is 67.6 Å². The first-order valence-electron chi connectivity index (χ1n) is 10.2. The second-order valence-corrected chi connectivity index (χ2v) is 8.15. The minimum Gasteiger partial charge on any atom is -0.372 e. The van der Waals surface area contributed by atoms with Crippen molar-refractivity contribution in [3.8, 4) is 0 Å². The van der Waals surface area contributed by atoms with Gasteiger partial charge >= 0.3 is 0 Å². The lowest BCUT2D eigenvalue weighted by Crippen LogP contribution is -2.32. The van der Waals surface area contributed by atoms with Crippen molar-refractivity contribution >= 4 is 28.9 Å². The monoisotopic (exact) mass is 395 g/mol. The number of anilines is 3. The average Bonchev–Trinajstić information content (AvgIpc) is 3.51. The van der Waals surface area contributed by atoms with Gasteiger partial charge in [-0.15, -0.1) is 0 Å². The molecule has 1 saturated carbocycles. The first kappa shape index (κ1) is 19.4. The van der Waals surface area contributed by atoms with Gasteiger partial charge in [0.2, 0.25) is 11.8 Å². The van der Waals surface area contributed by atoms with E-state index in [2.05, 4.69) is 22.5 Å². The number of rotatable bonds is 5. The molecule has 2 unspecified atom stereocenters. The molecule has 1 aliphatic heterocycles. The number of hydrogen-bond acceptors (Lipinski definition) is 3. The molecule has 29 heavy (non-hydrogen) atoms. The summed E-state index contributed by atoms with van der Waals surface area (Å²) in [4.78, 5) is 27.1. The van der Waals surface area contributed by atoms with Crippen LogP contribution >= 0.6 is 0 Å². The van der Waals surface area contributed by atoms with E-state index in [0.29, 0.717) is 12.1 Å². The second-order valence-electron chi connectivity index (χ2n) is 8.15. The van der Waals surface area contributed by atoms with Crippen LogP contribution in [-0.4, -0.2) is 24.9 Å². The van der Waals surface area contributed by atoms with Crippen LogP contribution in [0.3, 0.4) is 0 Å². The van der Waals surface area contributed by atoms with Crippen molar-refractivity contribution in [3.63, 3.8) is 0 Å². The summed E-state index contributed by atoms with van der Waals surface area (Å²) in [7, 11) is 0. The molecule has 4 rings (SSSR count). The van der Waals surface area contributed by atoms with Crippen LogP contribution < -0.4 is 15.5 Å². The summed E-state index contributed by atoms with van der Waals surface area (Å²) in [6, 6.07) is 13.6. The summed E-state index contributed by atoms with van der Waals surface area (Å²) in [6.07, 6.45) is 2.93. The number of amides is 2. The van der Waals surface area contributed by atoms with Gasteiger partial charge in [0.05, 0.1) is 11.8 Å². The fraction of sp³-hybridized carbons (Fsp3) is 0.391. The van der Waals surface area contributed by atoms with E-state index in [-0.39, 0.29) is 23.7 Å². The molecule has 0 aromatic heterocycles. The number of hydrogen-bond donors (Lipinski definition) is 2. The van der Waals surface area contributed by atoms with Crippen LogP contribution in [0.2, 0.25) is 0 Å². The third-order valence-corrected chi connectivity index (χ3v) is 5.84. The number of halogens is 1. The zero-order valence-electron chi connectivity index (χ0n) is 16.5. The second kappa shape index (κ2) is 8.23. The number of nitrogens with zero attached hydrogens (tertiary/aromatic N) is 1. The first-order valence-corrected chi connectivity index (χ1v) is 10.2. The van der Waals surface area contributed by atoms with Crippen LogP contribution in [0.25, 0.3) is 0 Å². The molecule has 1 aliphatic carbocycles. The molecule has 0 radical (unpaired) electrons. The largest absolute Gasteiger partial charge is 0.372 e. The Bertz CT molecular complexity index is 891. The van der Waals surface area contributed by atoms with Crippen LogP contribution in [0.1, 0.15) is 26.2 Å². The van der Waals surface area contributed by atoms with Gasteiger partial charge < -0.3 is 15.5 Å². The number of benzene rings is 2. The van der Waals surface area contributed by atoms with E-state index in [1.807, 2.05) is 24.3 Å². The average molecular weight is 395 g/mol. The summed E-state index contributed by atoms with van der Waals surface area (Å²) in [6.45, 7) is 4.42. The van der Waals surface area contributed by atoms with Crippen LogP contribution in [0, 0.1) is 23.6 Å². The molecular weight excluding hydrogens is 369 g/mol. The fourth-order valence-corrected chi connectivity index (χ4v) is 3.83. The van der Waals surface area contributed by atoms with Crippen molar-refractivity contribution in [2.45, 2.75) is 26.2 Å². The van der Waals surface area contributed by atoms with Crippen molar-refractivity contribution in [3.05, 3.63) is 54.3 Å². The number of piperidine rings is 1. The lowest BCUT2D eigenvalue weighted by Gasteiger charge is -2.32. The molecule has 2 amide bonds. The Morgan fingerprint density at radius 2 is 1.55 bits per heavy atom. The molecule has 6 heteroatoms. The Kier molecular flexibility index (Phi) is 5.51. The molecular formula is C23H26FN3O2. The summed E-state index contributed by atoms with van der Waals surface area (Å²) in [5, 5.41) is 5.58. The zero-order valence-corrected chi connectivity index (χ0v) is 16.5. The van der Waals surface area contributed by atoms with Crippen LogP contribution in [0.4, 0.5) is 21.5 Å². The standard InChI is InChI=1S/C23H26FN3O2/c1-15-9-11-27(12-10-15)19-7-5-17(6-8-19)25-22(28)20-14-21(20)23(29)26-18-4-2-3-16(24)13-18/h2-8,13,15,20-21H,9-12,14H2,1H3,(H,25,28)(H,26,29). The molecule has 1 heterocycles. The first-order chi connectivity index (χ1) is 14.0. The lowest BCUT2D eigenvalue weighted by atomic mass is 9.99. The number of carbonyl (C=O) groups is 2. The molecule has 2 atom stereocenters. The summed E-state index contributed by atoms with van der Waals surface area (Å²) in [5.74, 6) is -0.723. The highest BCUT2D eigenvalue weighted by molar-refractivity contribution is 6.03. The molecule has 0 bridgehead atoms.